The molecule has 1 rings (SSSR count). The monoisotopic (exact) mass is 777 g/mol. The third-order valence-corrected chi connectivity index (χ3v) is 13.6. The van der Waals surface area contributed by atoms with Gasteiger partial charge < -0.3 is 69.8 Å². The first-order chi connectivity index (χ1) is 19.4. The second kappa shape index (κ2) is 16.3. The molecule has 0 heterocycles. The molecule has 0 radical (unpaired) electrons. The molecule has 32 heteroatoms. The molecule has 26 nitrogen and oxygen atoms in total. The van der Waals surface area contributed by atoms with Crippen LogP contribution < -0.4 is 0 Å². The van der Waals surface area contributed by atoms with Crippen molar-refractivity contribution in [2.45, 2.75) is 57.1 Å². The zero-order chi connectivity index (χ0) is 35.3. The van der Waals surface area contributed by atoms with E-state index in [2.05, 4.69) is 51.7 Å². The van der Waals surface area contributed by atoms with Crippen molar-refractivity contribution in [1.82, 2.24) is 4.90 Å². The molecule has 0 aromatic heterocycles. The van der Waals surface area contributed by atoms with Crippen LogP contribution in [0.5, 0.6) is 0 Å². The smallest absolute Gasteiger partial charge is 0.387 e. The molecule has 5 unspecified atom stereocenters. The van der Waals surface area contributed by atoms with Crippen LogP contribution in [0.15, 0.2) is 0 Å². The first kappa shape index (κ1) is 44.6. The standard InChI is InChI=1S/C6H15N.C6H18O25P6/c1-4-7(5-2)6-3;7-1-2(8)4(10)6(12,5(11)3(1)9)26-33(16,17)28-35(20,21)30-37(24,25)31-36(22,23)29-34(18,19)27-32(13,14)15/h4-6H2,1-3H3;1-5,7-12H,(H,16,17)(H,18,19)(H,20,21)(H,22,23)(H,24,25)(H2,13,14,15)/t;1-,2-,3+,4-,5-,6-/m.1/s1. The highest BCUT2D eigenvalue weighted by Gasteiger charge is 2.62. The van der Waals surface area contributed by atoms with E-state index < -0.39 is 83.2 Å². The zero-order valence-electron chi connectivity index (χ0n) is 22.4. The number of phosphoric acid groups is 6. The van der Waals surface area contributed by atoms with Crippen molar-refractivity contribution in [2.75, 3.05) is 19.6 Å². The summed E-state index contributed by atoms with van der Waals surface area (Å²) in [6.45, 7) is 10.1. The Morgan fingerprint density at radius 2 is 0.795 bits per heavy atom. The molecule has 1 aliphatic carbocycles. The first-order valence-corrected chi connectivity index (χ1v) is 20.2. The number of aliphatic hydroxyl groups excluding tert-OH is 5. The van der Waals surface area contributed by atoms with Crippen LogP contribution in [0.3, 0.4) is 0 Å². The maximum atomic E-state index is 12.0. The molecule has 0 bridgehead atoms. The van der Waals surface area contributed by atoms with E-state index in [1.165, 1.54) is 19.6 Å². The fraction of sp³-hybridized carbons (Fsp3) is 1.00. The van der Waals surface area contributed by atoms with Crippen LogP contribution in [-0.4, -0.2) is 126 Å². The van der Waals surface area contributed by atoms with Gasteiger partial charge in [-0.2, -0.15) is 21.6 Å². The Morgan fingerprint density at radius 1 is 0.523 bits per heavy atom. The van der Waals surface area contributed by atoms with Crippen molar-refractivity contribution in [3.05, 3.63) is 0 Å². The lowest BCUT2D eigenvalue weighted by atomic mass is 9.82. The van der Waals surface area contributed by atoms with Gasteiger partial charge in [0.25, 0.3) is 0 Å². The molecule has 11 atom stereocenters. The molecule has 0 saturated heterocycles. The van der Waals surface area contributed by atoms with E-state index in [4.69, 9.17) is 19.6 Å². The Balaban J connectivity index is 0.00000234. The van der Waals surface area contributed by atoms with Crippen LogP contribution in [0.2, 0.25) is 0 Å². The Morgan fingerprint density at radius 3 is 1.05 bits per heavy atom. The van der Waals surface area contributed by atoms with Crippen LogP contribution in [-0.2, 0) is 53.5 Å². The minimum absolute atomic E-state index is 1.19. The summed E-state index contributed by atoms with van der Waals surface area (Å²) in [7, 11) is -38.3. The molecule has 0 amide bonds. The van der Waals surface area contributed by atoms with Gasteiger partial charge >= 0.3 is 46.9 Å². The summed E-state index contributed by atoms with van der Waals surface area (Å²) in [6.07, 6.45) is -13.5. The summed E-state index contributed by atoms with van der Waals surface area (Å²) >= 11 is 0. The van der Waals surface area contributed by atoms with E-state index in [-0.39, 0.29) is 0 Å². The molecule has 1 fully saturated rings. The third kappa shape index (κ3) is 14.8. The SMILES string of the molecule is CCN(CC)CC.O=P(O)(O)OP(=O)(O)OP(=O)(O)OP(=O)(O)OP(=O)(O)OP(=O)(O)O[C@]1(O)[C@H](O)[C@H](O)[C@@H](O)[C@H](O)[C@H]1O. The number of nitrogens with zero attached hydrogens (tertiary/aromatic N) is 1. The maximum Gasteiger partial charge on any atom is 0.490 e. The molecule has 0 aromatic carbocycles. The van der Waals surface area contributed by atoms with Gasteiger partial charge in [-0.3, -0.25) is 0 Å². The van der Waals surface area contributed by atoms with Gasteiger partial charge in [0.1, 0.15) is 30.5 Å². The molecular formula is C12H33NO25P6. The van der Waals surface area contributed by atoms with Gasteiger partial charge in [-0.25, -0.2) is 31.9 Å². The van der Waals surface area contributed by atoms with Gasteiger partial charge in [0.05, 0.1) is 0 Å². The lowest BCUT2D eigenvalue weighted by Crippen LogP contribution is -2.71. The van der Waals surface area contributed by atoms with Crippen molar-refractivity contribution in [3.63, 3.8) is 0 Å². The Kier molecular flexibility index (Phi) is 16.5. The number of hydrogen-bond acceptors (Lipinski definition) is 19. The summed E-state index contributed by atoms with van der Waals surface area (Å²) < 4.78 is 88.7. The Bertz CT molecular complexity index is 1210. The molecular weight excluding hydrogens is 744 g/mol. The van der Waals surface area contributed by atoms with E-state index in [0.29, 0.717) is 0 Å². The largest absolute Gasteiger partial charge is 0.490 e. The van der Waals surface area contributed by atoms with Gasteiger partial charge in [-0.05, 0) is 19.6 Å². The van der Waals surface area contributed by atoms with Crippen molar-refractivity contribution < 1.29 is 118 Å². The van der Waals surface area contributed by atoms with E-state index in [0.717, 1.165) is 0 Å². The third-order valence-electron chi connectivity index (χ3n) is 4.83. The summed E-state index contributed by atoms with van der Waals surface area (Å²) in [6, 6.07) is 0. The Hall–Kier alpha value is 0.580. The van der Waals surface area contributed by atoms with Gasteiger partial charge in [-0.1, -0.05) is 20.8 Å². The van der Waals surface area contributed by atoms with E-state index in [9.17, 15) is 72.7 Å². The molecule has 44 heavy (non-hydrogen) atoms. The number of phosphoric ester groups is 1. The highest BCUT2D eigenvalue weighted by Crippen LogP contribution is 2.75. The second-order valence-corrected chi connectivity index (χ2v) is 17.2. The first-order valence-electron chi connectivity index (χ1n) is 11.2. The maximum absolute atomic E-state index is 12.0. The number of aliphatic hydroxyl groups is 6. The fourth-order valence-corrected chi connectivity index (χ4v) is 10.5. The van der Waals surface area contributed by atoms with Crippen LogP contribution >= 0.6 is 46.9 Å². The summed E-state index contributed by atoms with van der Waals surface area (Å²) in [5.41, 5.74) is 0. The van der Waals surface area contributed by atoms with Crippen LogP contribution in [0.25, 0.3) is 0 Å². The van der Waals surface area contributed by atoms with Crippen LogP contribution in [0, 0.1) is 0 Å². The van der Waals surface area contributed by atoms with E-state index in [1.807, 2.05) is 0 Å². The molecule has 0 aliphatic heterocycles. The number of rotatable bonds is 15. The second-order valence-electron chi connectivity index (χ2n) is 8.07. The molecule has 0 aromatic rings. The number of hydrogen-bond donors (Lipinski definition) is 13. The van der Waals surface area contributed by atoms with Crippen LogP contribution in [0.4, 0.5) is 0 Å². The Labute approximate surface area is 247 Å². The minimum Gasteiger partial charge on any atom is -0.387 e. The lowest BCUT2D eigenvalue weighted by Gasteiger charge is -2.46. The normalized spacial score (nSPS) is 33.1. The predicted molar refractivity (Wildman–Crippen MR) is 136 cm³/mol. The molecule has 13 N–H and O–H groups in total. The van der Waals surface area contributed by atoms with Crippen molar-refractivity contribution in [3.8, 4) is 0 Å². The van der Waals surface area contributed by atoms with Gasteiger partial charge in [0, 0.05) is 0 Å². The summed E-state index contributed by atoms with van der Waals surface area (Å²) in [4.78, 5) is 65.2. The van der Waals surface area contributed by atoms with E-state index >= 15 is 0 Å². The summed E-state index contributed by atoms with van der Waals surface area (Å²) in [5.74, 6) is -3.96. The predicted octanol–water partition coefficient (Wildman–Crippen LogP) is -2.46. The van der Waals surface area contributed by atoms with Crippen molar-refractivity contribution in [1.29, 1.82) is 0 Å². The fourth-order valence-electron chi connectivity index (χ4n) is 2.94. The molecule has 1 aliphatic rings. The molecule has 1 saturated carbocycles. The van der Waals surface area contributed by atoms with Gasteiger partial charge in [-0.15, -0.1) is 0 Å². The van der Waals surface area contributed by atoms with E-state index in [1.54, 1.807) is 0 Å². The molecule has 266 valence electrons. The van der Waals surface area contributed by atoms with Crippen molar-refractivity contribution >= 4 is 46.9 Å². The summed E-state index contributed by atoms with van der Waals surface area (Å²) in [5, 5.41) is 57.9. The van der Waals surface area contributed by atoms with Crippen LogP contribution in [0.1, 0.15) is 20.8 Å². The minimum atomic E-state index is -6.59. The highest BCUT2D eigenvalue weighted by molar-refractivity contribution is 7.72. The topological polar surface area (TPSA) is 424 Å². The quantitative estimate of drug-likeness (QED) is 0.0605. The van der Waals surface area contributed by atoms with Crippen molar-refractivity contribution in [2.24, 2.45) is 0 Å². The average molecular weight is 777 g/mol. The van der Waals surface area contributed by atoms with Gasteiger partial charge in [0.15, 0.2) is 0 Å². The zero-order valence-corrected chi connectivity index (χ0v) is 27.7. The lowest BCUT2D eigenvalue weighted by molar-refractivity contribution is -0.336. The molecule has 0 spiro atoms. The highest BCUT2D eigenvalue weighted by atomic mass is 31.3. The average Bonchev–Trinajstić information content (AvgIpc) is 2.76. The van der Waals surface area contributed by atoms with Gasteiger partial charge in [0.2, 0.25) is 5.79 Å².